The summed E-state index contributed by atoms with van der Waals surface area (Å²) in [6, 6.07) is 0. The second-order valence-corrected chi connectivity index (χ2v) is 3.43. The van der Waals surface area contributed by atoms with Gasteiger partial charge < -0.3 is 16.2 Å². The summed E-state index contributed by atoms with van der Waals surface area (Å²) in [5, 5.41) is 12.2. The van der Waals surface area contributed by atoms with E-state index in [0.29, 0.717) is 5.92 Å². The predicted molar refractivity (Wildman–Crippen MR) is 45.4 cm³/mol. The van der Waals surface area contributed by atoms with E-state index in [9.17, 15) is 9.90 Å². The fourth-order valence-electron chi connectivity index (χ4n) is 1.63. The van der Waals surface area contributed by atoms with Gasteiger partial charge in [0.15, 0.2) is 0 Å². The van der Waals surface area contributed by atoms with E-state index in [1.54, 1.807) is 0 Å². The molecule has 0 aromatic heterocycles. The van der Waals surface area contributed by atoms with Gasteiger partial charge in [-0.1, -0.05) is 0 Å². The van der Waals surface area contributed by atoms with Gasteiger partial charge in [0.1, 0.15) is 0 Å². The molecular formula is C8H16N2O2. The van der Waals surface area contributed by atoms with Gasteiger partial charge in [-0.15, -0.1) is 0 Å². The molecule has 0 radical (unpaired) electrons. The number of primary amides is 1. The summed E-state index contributed by atoms with van der Waals surface area (Å²) < 4.78 is 0. The molecule has 0 heterocycles. The molecule has 0 aliphatic heterocycles. The first-order valence-corrected chi connectivity index (χ1v) is 4.35. The highest BCUT2D eigenvalue weighted by Crippen LogP contribution is 2.24. The maximum Gasteiger partial charge on any atom is 0.231 e. The molecule has 0 saturated heterocycles. The van der Waals surface area contributed by atoms with Gasteiger partial charge in [-0.3, -0.25) is 4.79 Å². The van der Waals surface area contributed by atoms with E-state index >= 15 is 0 Å². The van der Waals surface area contributed by atoms with Crippen LogP contribution in [0.3, 0.4) is 0 Å². The molecule has 70 valence electrons. The summed E-state index contributed by atoms with van der Waals surface area (Å²) in [6.07, 6.45) is 2.66. The van der Waals surface area contributed by atoms with Crippen LogP contribution in [0.4, 0.5) is 0 Å². The third-order valence-corrected chi connectivity index (χ3v) is 2.25. The van der Waals surface area contributed by atoms with Gasteiger partial charge in [0.05, 0.1) is 12.6 Å². The summed E-state index contributed by atoms with van der Waals surface area (Å²) in [7, 11) is 0. The molecule has 4 heteroatoms. The molecule has 2 unspecified atom stereocenters. The number of nitrogens with one attached hydrogen (secondary N) is 1. The highest BCUT2D eigenvalue weighted by atomic mass is 16.3. The summed E-state index contributed by atoms with van der Waals surface area (Å²) in [5.41, 5.74) is 4.95. The Morgan fingerprint density at radius 3 is 2.83 bits per heavy atom. The molecule has 0 bridgehead atoms. The first kappa shape index (κ1) is 9.48. The van der Waals surface area contributed by atoms with Crippen molar-refractivity contribution in [2.45, 2.75) is 25.4 Å². The first-order valence-electron chi connectivity index (χ1n) is 4.35. The molecule has 4 nitrogen and oxygen atoms in total. The van der Waals surface area contributed by atoms with Crippen LogP contribution in [0.2, 0.25) is 0 Å². The quantitative estimate of drug-likeness (QED) is 0.521. The summed E-state index contributed by atoms with van der Waals surface area (Å²) in [5.74, 6) is 0.188. The van der Waals surface area contributed by atoms with Gasteiger partial charge in [-0.05, 0) is 31.7 Å². The Hall–Kier alpha value is -0.610. The van der Waals surface area contributed by atoms with Crippen LogP contribution in [0.15, 0.2) is 0 Å². The second kappa shape index (κ2) is 4.42. The number of hydrogen-bond acceptors (Lipinski definition) is 3. The van der Waals surface area contributed by atoms with Crippen molar-refractivity contribution in [3.63, 3.8) is 0 Å². The van der Waals surface area contributed by atoms with Crippen molar-refractivity contribution >= 4 is 5.91 Å². The van der Waals surface area contributed by atoms with E-state index in [2.05, 4.69) is 5.32 Å². The van der Waals surface area contributed by atoms with Crippen LogP contribution in [0, 0.1) is 5.92 Å². The van der Waals surface area contributed by atoms with E-state index in [1.807, 2.05) is 0 Å². The van der Waals surface area contributed by atoms with Crippen LogP contribution in [0.25, 0.3) is 0 Å². The fraction of sp³-hybridized carbons (Fsp3) is 0.875. The predicted octanol–water partition coefficient (Wildman–Crippen LogP) is -0.778. The largest absolute Gasteiger partial charge is 0.393 e. The molecule has 1 aliphatic carbocycles. The van der Waals surface area contributed by atoms with Crippen LogP contribution < -0.4 is 11.1 Å². The van der Waals surface area contributed by atoms with E-state index in [-0.39, 0.29) is 18.6 Å². The molecule has 1 aliphatic rings. The lowest BCUT2D eigenvalue weighted by molar-refractivity contribution is -0.117. The number of aliphatic hydroxyl groups excluding tert-OH is 1. The van der Waals surface area contributed by atoms with Gasteiger partial charge in [0, 0.05) is 0 Å². The lowest BCUT2D eigenvalue weighted by Crippen LogP contribution is -2.31. The van der Waals surface area contributed by atoms with Gasteiger partial charge in [-0.25, -0.2) is 0 Å². The van der Waals surface area contributed by atoms with Gasteiger partial charge in [0.25, 0.3) is 0 Å². The van der Waals surface area contributed by atoms with Crippen molar-refractivity contribution in [3.05, 3.63) is 0 Å². The number of aliphatic hydroxyl groups is 1. The van der Waals surface area contributed by atoms with Crippen molar-refractivity contribution in [2.24, 2.45) is 11.7 Å². The maximum atomic E-state index is 10.3. The van der Waals surface area contributed by atoms with Gasteiger partial charge in [-0.2, -0.15) is 0 Å². The lowest BCUT2D eigenvalue weighted by Gasteiger charge is -2.08. The SMILES string of the molecule is NC(=O)CNCC1CCC(O)C1. The van der Waals surface area contributed by atoms with E-state index < -0.39 is 0 Å². The molecule has 0 spiro atoms. The standard InChI is InChI=1S/C8H16N2O2/c9-8(12)5-10-4-6-1-2-7(11)3-6/h6-7,10-11H,1-5H2,(H2,9,12). The molecule has 12 heavy (non-hydrogen) atoms. The first-order chi connectivity index (χ1) is 5.68. The minimum atomic E-state index is -0.325. The van der Waals surface area contributed by atoms with Crippen molar-refractivity contribution in [1.29, 1.82) is 0 Å². The highest BCUT2D eigenvalue weighted by molar-refractivity contribution is 5.75. The topological polar surface area (TPSA) is 75.4 Å². The molecule has 4 N–H and O–H groups in total. The van der Waals surface area contributed by atoms with Crippen molar-refractivity contribution < 1.29 is 9.90 Å². The van der Waals surface area contributed by atoms with E-state index in [1.165, 1.54) is 0 Å². The zero-order chi connectivity index (χ0) is 8.97. The molecule has 0 aromatic carbocycles. The Morgan fingerprint density at radius 1 is 1.58 bits per heavy atom. The molecule has 1 amide bonds. The second-order valence-electron chi connectivity index (χ2n) is 3.43. The third-order valence-electron chi connectivity index (χ3n) is 2.25. The van der Waals surface area contributed by atoms with Crippen LogP contribution in [-0.2, 0) is 4.79 Å². The average molecular weight is 172 g/mol. The van der Waals surface area contributed by atoms with Crippen molar-refractivity contribution in [2.75, 3.05) is 13.1 Å². The van der Waals surface area contributed by atoms with Crippen LogP contribution >= 0.6 is 0 Å². The molecule has 1 saturated carbocycles. The number of rotatable bonds is 4. The van der Waals surface area contributed by atoms with Crippen LogP contribution in [0.1, 0.15) is 19.3 Å². The summed E-state index contributed by atoms with van der Waals surface area (Å²) >= 11 is 0. The Labute approximate surface area is 72.1 Å². The molecule has 0 aromatic rings. The van der Waals surface area contributed by atoms with Crippen molar-refractivity contribution in [1.82, 2.24) is 5.32 Å². The molecular weight excluding hydrogens is 156 g/mol. The Kier molecular flexibility index (Phi) is 3.49. The number of amides is 1. The number of carbonyl (C=O) groups excluding carboxylic acids is 1. The molecule has 1 rings (SSSR count). The third kappa shape index (κ3) is 3.19. The normalized spacial score (nSPS) is 29.1. The molecule has 2 atom stereocenters. The Morgan fingerprint density at radius 2 is 2.33 bits per heavy atom. The van der Waals surface area contributed by atoms with Crippen LogP contribution in [-0.4, -0.2) is 30.2 Å². The number of nitrogens with two attached hydrogens (primary N) is 1. The smallest absolute Gasteiger partial charge is 0.231 e. The lowest BCUT2D eigenvalue weighted by atomic mass is 10.1. The minimum absolute atomic E-state index is 0.134. The van der Waals surface area contributed by atoms with E-state index in [0.717, 1.165) is 25.8 Å². The zero-order valence-corrected chi connectivity index (χ0v) is 7.12. The van der Waals surface area contributed by atoms with Gasteiger partial charge >= 0.3 is 0 Å². The summed E-state index contributed by atoms with van der Waals surface area (Å²) in [6.45, 7) is 1.03. The van der Waals surface area contributed by atoms with Crippen LogP contribution in [0.5, 0.6) is 0 Å². The monoisotopic (exact) mass is 172 g/mol. The number of hydrogen-bond donors (Lipinski definition) is 3. The zero-order valence-electron chi connectivity index (χ0n) is 7.12. The highest BCUT2D eigenvalue weighted by Gasteiger charge is 2.21. The van der Waals surface area contributed by atoms with Gasteiger partial charge in [0.2, 0.25) is 5.91 Å². The van der Waals surface area contributed by atoms with E-state index in [4.69, 9.17) is 5.73 Å². The summed E-state index contributed by atoms with van der Waals surface area (Å²) in [4.78, 5) is 10.3. The maximum absolute atomic E-state index is 10.3. The van der Waals surface area contributed by atoms with Crippen molar-refractivity contribution in [3.8, 4) is 0 Å². The average Bonchev–Trinajstić information content (AvgIpc) is 2.35. The Balaban J connectivity index is 2.04. The minimum Gasteiger partial charge on any atom is -0.393 e. The fourth-order valence-corrected chi connectivity index (χ4v) is 1.63. The number of carbonyl (C=O) groups is 1. The molecule has 1 fully saturated rings. The Bertz CT molecular complexity index is 161.